The summed E-state index contributed by atoms with van der Waals surface area (Å²) in [6.07, 6.45) is -0.568. The van der Waals surface area contributed by atoms with E-state index < -0.39 is 6.10 Å². The van der Waals surface area contributed by atoms with Crippen LogP contribution in [0.1, 0.15) is 0 Å². The molecule has 0 heterocycles. The second kappa shape index (κ2) is 5.41. The Kier molecular flexibility index (Phi) is 4.48. The molecule has 0 aliphatic carbocycles. The van der Waals surface area contributed by atoms with Crippen LogP contribution in [0.15, 0.2) is 18.2 Å². The molecule has 0 aliphatic heterocycles. The summed E-state index contributed by atoms with van der Waals surface area (Å²) >= 11 is 11.6. The molecule has 0 radical (unpaired) electrons. The average Bonchev–Trinajstić information content (AvgIpc) is 2.16. The topological polar surface area (TPSA) is 57.1 Å². The van der Waals surface area contributed by atoms with Crippen LogP contribution in [0.5, 0.6) is 5.75 Å². The second-order valence-electron chi connectivity index (χ2n) is 2.83. The van der Waals surface area contributed by atoms with E-state index in [-0.39, 0.29) is 6.61 Å². The van der Waals surface area contributed by atoms with E-state index in [0.717, 1.165) is 0 Å². The zero-order valence-electron chi connectivity index (χ0n) is 7.54. The van der Waals surface area contributed by atoms with Gasteiger partial charge in [-0.2, -0.15) is 0 Å². The summed E-state index contributed by atoms with van der Waals surface area (Å²) in [5.41, 5.74) is 3.55. The van der Waals surface area contributed by atoms with E-state index in [2.05, 4.69) is 5.73 Å². The molecule has 0 saturated carbocycles. The molecule has 0 aromatic heterocycles. The van der Waals surface area contributed by atoms with Crippen LogP contribution < -0.4 is 10.5 Å². The van der Waals surface area contributed by atoms with Crippen LogP contribution in [0.25, 0.3) is 0 Å². The molecule has 14 heavy (non-hydrogen) atoms. The summed E-state index contributed by atoms with van der Waals surface area (Å²) in [6.45, 7) is 0.593. The zero-order chi connectivity index (χ0) is 10.6. The first-order valence-corrected chi connectivity index (χ1v) is 4.94. The van der Waals surface area contributed by atoms with Gasteiger partial charge in [0, 0.05) is 5.02 Å². The van der Waals surface area contributed by atoms with Crippen LogP contribution in [-0.4, -0.2) is 24.4 Å². The quantitative estimate of drug-likeness (QED) is 0.819. The number of rotatable bonds is 4. The van der Waals surface area contributed by atoms with Crippen molar-refractivity contribution in [1.82, 2.24) is 0 Å². The van der Waals surface area contributed by atoms with Crippen molar-refractivity contribution in [3.05, 3.63) is 28.2 Å². The highest BCUT2D eigenvalue weighted by atomic mass is 35.5. The molecule has 0 fully saturated rings. The predicted octanol–water partition coefficient (Wildman–Crippen LogP) is 0.975. The van der Waals surface area contributed by atoms with Gasteiger partial charge in [-0.1, -0.05) is 23.2 Å². The van der Waals surface area contributed by atoms with Gasteiger partial charge in [-0.15, -0.1) is 0 Å². The average molecular weight is 237 g/mol. The number of halogens is 2. The van der Waals surface area contributed by atoms with Gasteiger partial charge in [-0.3, -0.25) is 0 Å². The Morgan fingerprint density at radius 3 is 2.71 bits per heavy atom. The highest BCUT2D eigenvalue weighted by molar-refractivity contribution is 6.35. The van der Waals surface area contributed by atoms with Gasteiger partial charge in [0.2, 0.25) is 0 Å². The molecule has 1 aromatic carbocycles. The number of benzene rings is 1. The third kappa shape index (κ3) is 3.35. The first-order valence-electron chi connectivity index (χ1n) is 4.18. The lowest BCUT2D eigenvalue weighted by Crippen LogP contribution is -2.56. The molecule has 5 heteroatoms. The smallest absolute Gasteiger partial charge is 0.138 e. The summed E-state index contributed by atoms with van der Waals surface area (Å²) in [5, 5.41) is 10.2. The van der Waals surface area contributed by atoms with Gasteiger partial charge in [0.05, 0.1) is 5.02 Å². The van der Waals surface area contributed by atoms with Crippen molar-refractivity contribution in [1.29, 1.82) is 0 Å². The van der Waals surface area contributed by atoms with E-state index in [4.69, 9.17) is 27.9 Å². The lowest BCUT2D eigenvalue weighted by atomic mass is 10.3. The third-order valence-electron chi connectivity index (χ3n) is 1.66. The maximum Gasteiger partial charge on any atom is 0.138 e. The van der Waals surface area contributed by atoms with Crippen LogP contribution >= 0.6 is 23.2 Å². The van der Waals surface area contributed by atoms with Crippen molar-refractivity contribution in [2.75, 3.05) is 13.2 Å². The van der Waals surface area contributed by atoms with E-state index >= 15 is 0 Å². The second-order valence-corrected chi connectivity index (χ2v) is 3.67. The summed E-state index contributed by atoms with van der Waals surface area (Å²) in [4.78, 5) is 0. The highest BCUT2D eigenvalue weighted by Crippen LogP contribution is 2.27. The molecule has 78 valence electrons. The molecule has 0 spiro atoms. The minimum absolute atomic E-state index is 0.185. The molecule has 0 aliphatic rings. The predicted molar refractivity (Wildman–Crippen MR) is 55.7 cm³/mol. The number of aliphatic hydroxyl groups is 1. The van der Waals surface area contributed by atoms with Crippen molar-refractivity contribution < 1.29 is 15.6 Å². The van der Waals surface area contributed by atoms with Gasteiger partial charge < -0.3 is 15.6 Å². The lowest BCUT2D eigenvalue weighted by Gasteiger charge is -2.10. The van der Waals surface area contributed by atoms with Crippen molar-refractivity contribution in [2.24, 2.45) is 0 Å². The standard InChI is InChI=1S/C9H11Cl2NO2/c10-6-1-2-9(8(11)3-6)14-5-7(13)4-12/h1-3,7,13H,4-5,12H2/p+1/t7-/m0/s1. The van der Waals surface area contributed by atoms with Gasteiger partial charge in [0.25, 0.3) is 0 Å². The van der Waals surface area contributed by atoms with Gasteiger partial charge in [-0.25, -0.2) is 0 Å². The van der Waals surface area contributed by atoms with Crippen LogP contribution in [0.4, 0.5) is 0 Å². The van der Waals surface area contributed by atoms with Crippen LogP contribution in [0.3, 0.4) is 0 Å². The fraction of sp³-hybridized carbons (Fsp3) is 0.333. The summed E-state index contributed by atoms with van der Waals surface area (Å²) in [7, 11) is 0. The molecule has 0 saturated heterocycles. The normalized spacial score (nSPS) is 12.6. The fourth-order valence-corrected chi connectivity index (χ4v) is 1.32. The highest BCUT2D eigenvalue weighted by Gasteiger charge is 2.07. The number of quaternary nitrogens is 1. The molecule has 0 bridgehead atoms. The summed E-state index contributed by atoms with van der Waals surface area (Å²) in [5.74, 6) is 0.517. The summed E-state index contributed by atoms with van der Waals surface area (Å²) in [6, 6.07) is 4.94. The van der Waals surface area contributed by atoms with Gasteiger partial charge >= 0.3 is 0 Å². The van der Waals surface area contributed by atoms with Crippen LogP contribution in [0, 0.1) is 0 Å². The maximum absolute atomic E-state index is 9.21. The molecule has 4 N–H and O–H groups in total. The summed E-state index contributed by atoms with van der Waals surface area (Å²) < 4.78 is 5.26. The Morgan fingerprint density at radius 2 is 2.14 bits per heavy atom. The van der Waals surface area contributed by atoms with Crippen LogP contribution in [0.2, 0.25) is 10.0 Å². The number of aliphatic hydroxyl groups excluding tert-OH is 1. The molecule has 1 rings (SSSR count). The minimum Gasteiger partial charge on any atom is -0.489 e. The third-order valence-corrected chi connectivity index (χ3v) is 2.19. The SMILES string of the molecule is [NH3+]C[C@H](O)COc1ccc(Cl)cc1Cl. The lowest BCUT2D eigenvalue weighted by molar-refractivity contribution is -0.384. The van der Waals surface area contributed by atoms with Crippen molar-refractivity contribution in [2.45, 2.75) is 6.10 Å². The molecule has 3 nitrogen and oxygen atoms in total. The molecular formula is C9H12Cl2NO2+. The monoisotopic (exact) mass is 236 g/mol. The molecular weight excluding hydrogens is 225 g/mol. The number of hydrogen-bond acceptors (Lipinski definition) is 2. The van der Waals surface area contributed by atoms with Crippen molar-refractivity contribution in [3.63, 3.8) is 0 Å². The number of ether oxygens (including phenoxy) is 1. The van der Waals surface area contributed by atoms with E-state index in [1.165, 1.54) is 0 Å². The molecule has 0 unspecified atom stereocenters. The van der Waals surface area contributed by atoms with Gasteiger partial charge in [0.1, 0.15) is 25.0 Å². The molecule has 1 aromatic rings. The zero-order valence-corrected chi connectivity index (χ0v) is 9.05. The van der Waals surface area contributed by atoms with E-state index in [1.807, 2.05) is 0 Å². The molecule has 1 atom stereocenters. The van der Waals surface area contributed by atoms with Crippen LogP contribution in [-0.2, 0) is 0 Å². The number of hydrogen-bond donors (Lipinski definition) is 2. The van der Waals surface area contributed by atoms with Gasteiger partial charge in [-0.05, 0) is 18.2 Å². The Hall–Kier alpha value is -0.480. The van der Waals surface area contributed by atoms with E-state index in [0.29, 0.717) is 22.3 Å². The van der Waals surface area contributed by atoms with Gasteiger partial charge in [0.15, 0.2) is 0 Å². The van der Waals surface area contributed by atoms with E-state index in [1.54, 1.807) is 18.2 Å². The Morgan fingerprint density at radius 1 is 1.43 bits per heavy atom. The van der Waals surface area contributed by atoms with Crippen molar-refractivity contribution in [3.8, 4) is 5.75 Å². The van der Waals surface area contributed by atoms with Crippen molar-refractivity contribution >= 4 is 23.2 Å². The Labute approximate surface area is 92.4 Å². The maximum atomic E-state index is 9.21. The molecule has 0 amide bonds. The Bertz CT molecular complexity index is 307. The fourth-order valence-electron chi connectivity index (χ4n) is 0.862. The van der Waals surface area contributed by atoms with E-state index in [9.17, 15) is 5.11 Å². The first-order chi connectivity index (χ1) is 6.63. The first kappa shape index (κ1) is 11.6. The largest absolute Gasteiger partial charge is 0.489 e. The minimum atomic E-state index is -0.568. The Balaban J connectivity index is 2.59.